The summed E-state index contributed by atoms with van der Waals surface area (Å²) in [5.41, 5.74) is -1.49. The Kier molecular flexibility index (Phi) is 4.22. The van der Waals surface area contributed by atoms with Crippen LogP contribution in [0.3, 0.4) is 0 Å². The van der Waals surface area contributed by atoms with Crippen LogP contribution in [0.2, 0.25) is 0 Å². The van der Waals surface area contributed by atoms with E-state index in [1.54, 1.807) is 0 Å². The third kappa shape index (κ3) is 3.10. The lowest BCUT2D eigenvalue weighted by Gasteiger charge is -2.30. The summed E-state index contributed by atoms with van der Waals surface area (Å²) >= 11 is 0. The first kappa shape index (κ1) is 16.4. The molecule has 1 aromatic rings. The fourth-order valence-electron chi connectivity index (χ4n) is 2.72. The molecule has 22 heavy (non-hydrogen) atoms. The van der Waals surface area contributed by atoms with E-state index >= 15 is 0 Å². The van der Waals surface area contributed by atoms with Gasteiger partial charge in [0.2, 0.25) is 0 Å². The first-order valence-corrected chi connectivity index (χ1v) is 6.95. The molecule has 120 valence electrons. The van der Waals surface area contributed by atoms with Crippen molar-refractivity contribution in [1.82, 2.24) is 0 Å². The van der Waals surface area contributed by atoms with Gasteiger partial charge < -0.3 is 9.84 Å². The molecule has 1 aliphatic carbocycles. The van der Waals surface area contributed by atoms with Gasteiger partial charge >= 0.3 is 12.1 Å². The molecule has 3 nitrogen and oxygen atoms in total. The highest BCUT2D eigenvalue weighted by atomic mass is 19.4. The van der Waals surface area contributed by atoms with Gasteiger partial charge in [0.1, 0.15) is 11.4 Å². The summed E-state index contributed by atoms with van der Waals surface area (Å²) in [6, 6.07) is 3.12. The average Bonchev–Trinajstić information content (AvgIpc) is 2.86. The molecule has 6 heteroatoms. The summed E-state index contributed by atoms with van der Waals surface area (Å²) in [7, 11) is 0. The van der Waals surface area contributed by atoms with Crippen LogP contribution in [0.25, 0.3) is 0 Å². The SMILES string of the molecule is C=C(C)C(=O)OC1(c2ccc(C(F)(F)F)c(O)c2)CCCC1. The van der Waals surface area contributed by atoms with Crippen LogP contribution < -0.4 is 0 Å². The molecular formula is C16H17F3O3. The molecule has 0 spiro atoms. The van der Waals surface area contributed by atoms with Crippen LogP contribution in [0, 0.1) is 0 Å². The van der Waals surface area contributed by atoms with Gasteiger partial charge in [-0.2, -0.15) is 13.2 Å². The van der Waals surface area contributed by atoms with Gasteiger partial charge in [-0.15, -0.1) is 0 Å². The Labute approximate surface area is 126 Å². The summed E-state index contributed by atoms with van der Waals surface area (Å²) in [6.45, 7) is 5.02. The molecule has 1 saturated carbocycles. The topological polar surface area (TPSA) is 46.5 Å². The van der Waals surface area contributed by atoms with E-state index in [1.165, 1.54) is 13.0 Å². The molecule has 1 N–H and O–H groups in total. The van der Waals surface area contributed by atoms with Crippen LogP contribution in [0.5, 0.6) is 5.75 Å². The maximum Gasteiger partial charge on any atom is 0.419 e. The highest BCUT2D eigenvalue weighted by Gasteiger charge is 2.41. The van der Waals surface area contributed by atoms with Gasteiger partial charge in [0.25, 0.3) is 0 Å². The van der Waals surface area contributed by atoms with Crippen LogP contribution >= 0.6 is 0 Å². The Morgan fingerprint density at radius 1 is 1.32 bits per heavy atom. The number of rotatable bonds is 3. The second-order valence-electron chi connectivity index (χ2n) is 5.60. The van der Waals surface area contributed by atoms with E-state index in [1.807, 2.05) is 0 Å². The van der Waals surface area contributed by atoms with E-state index in [2.05, 4.69) is 6.58 Å². The lowest BCUT2D eigenvalue weighted by Crippen LogP contribution is -2.29. The monoisotopic (exact) mass is 314 g/mol. The maximum absolute atomic E-state index is 12.7. The van der Waals surface area contributed by atoms with E-state index in [0.29, 0.717) is 18.4 Å². The molecular weight excluding hydrogens is 297 g/mol. The maximum atomic E-state index is 12.7. The van der Waals surface area contributed by atoms with Gasteiger partial charge in [-0.05, 0) is 50.3 Å². The Balaban J connectivity index is 2.40. The highest BCUT2D eigenvalue weighted by molar-refractivity contribution is 5.87. The molecule has 0 radical (unpaired) electrons. The molecule has 2 rings (SSSR count). The van der Waals surface area contributed by atoms with Crippen molar-refractivity contribution in [3.8, 4) is 5.75 Å². The minimum atomic E-state index is -4.63. The first-order chi connectivity index (χ1) is 10.2. The molecule has 0 bridgehead atoms. The van der Waals surface area contributed by atoms with Crippen LogP contribution in [0.1, 0.15) is 43.7 Å². The van der Waals surface area contributed by atoms with Gasteiger partial charge in [0, 0.05) is 5.57 Å². The van der Waals surface area contributed by atoms with Crippen molar-refractivity contribution in [2.45, 2.75) is 44.4 Å². The number of esters is 1. The number of benzene rings is 1. The van der Waals surface area contributed by atoms with Gasteiger partial charge in [-0.3, -0.25) is 0 Å². The van der Waals surface area contributed by atoms with E-state index in [-0.39, 0.29) is 5.57 Å². The molecule has 1 aromatic carbocycles. The minimum Gasteiger partial charge on any atom is -0.507 e. The van der Waals surface area contributed by atoms with Crippen molar-refractivity contribution >= 4 is 5.97 Å². The Bertz CT molecular complexity index is 599. The summed E-state index contributed by atoms with van der Waals surface area (Å²) in [5, 5.41) is 9.67. The molecule has 0 aromatic heterocycles. The number of hydrogen-bond donors (Lipinski definition) is 1. The van der Waals surface area contributed by atoms with Crippen LogP contribution in [0.15, 0.2) is 30.4 Å². The summed E-state index contributed by atoms with van der Waals surface area (Å²) in [5.74, 6) is -1.44. The predicted molar refractivity (Wildman–Crippen MR) is 74.2 cm³/mol. The quantitative estimate of drug-likeness (QED) is 0.668. The van der Waals surface area contributed by atoms with Crippen molar-refractivity contribution < 1.29 is 27.8 Å². The molecule has 0 amide bonds. The summed E-state index contributed by atoms with van der Waals surface area (Å²) in [6.07, 6.45) is -2.01. The number of phenolic OH excluding ortho intramolecular Hbond substituents is 1. The minimum absolute atomic E-state index is 0.224. The van der Waals surface area contributed by atoms with Crippen molar-refractivity contribution in [3.05, 3.63) is 41.5 Å². The number of carbonyl (C=O) groups excluding carboxylic acids is 1. The van der Waals surface area contributed by atoms with Crippen molar-refractivity contribution in [2.24, 2.45) is 0 Å². The average molecular weight is 314 g/mol. The van der Waals surface area contributed by atoms with E-state index in [9.17, 15) is 23.1 Å². The van der Waals surface area contributed by atoms with Gasteiger partial charge in [0.15, 0.2) is 0 Å². The molecule has 0 saturated heterocycles. The van der Waals surface area contributed by atoms with Gasteiger partial charge in [0.05, 0.1) is 5.56 Å². The van der Waals surface area contributed by atoms with E-state index in [0.717, 1.165) is 25.0 Å². The Hall–Kier alpha value is -1.98. The zero-order valence-electron chi connectivity index (χ0n) is 12.2. The summed E-state index contributed by atoms with van der Waals surface area (Å²) in [4.78, 5) is 11.8. The Morgan fingerprint density at radius 2 is 1.91 bits per heavy atom. The third-order valence-electron chi connectivity index (χ3n) is 3.88. The van der Waals surface area contributed by atoms with E-state index in [4.69, 9.17) is 4.74 Å². The summed E-state index contributed by atoms with van der Waals surface area (Å²) < 4.78 is 43.6. The van der Waals surface area contributed by atoms with Crippen LogP contribution in [-0.4, -0.2) is 11.1 Å². The van der Waals surface area contributed by atoms with Crippen molar-refractivity contribution in [2.75, 3.05) is 0 Å². The van der Waals surface area contributed by atoms with E-state index < -0.39 is 29.1 Å². The molecule has 1 aliphatic rings. The zero-order chi connectivity index (χ0) is 16.5. The zero-order valence-corrected chi connectivity index (χ0v) is 12.2. The fourth-order valence-corrected chi connectivity index (χ4v) is 2.72. The molecule has 0 unspecified atom stereocenters. The van der Waals surface area contributed by atoms with Crippen LogP contribution in [-0.2, 0) is 21.3 Å². The number of alkyl halides is 3. The van der Waals surface area contributed by atoms with Crippen molar-refractivity contribution in [1.29, 1.82) is 0 Å². The lowest BCUT2D eigenvalue weighted by molar-refractivity contribution is -0.155. The number of halogens is 3. The lowest BCUT2D eigenvalue weighted by atomic mass is 9.90. The van der Waals surface area contributed by atoms with Gasteiger partial charge in [-0.25, -0.2) is 4.79 Å². The number of phenols is 1. The van der Waals surface area contributed by atoms with Crippen molar-refractivity contribution in [3.63, 3.8) is 0 Å². The molecule has 0 heterocycles. The Morgan fingerprint density at radius 3 is 2.36 bits per heavy atom. The number of hydrogen-bond acceptors (Lipinski definition) is 3. The second-order valence-corrected chi connectivity index (χ2v) is 5.60. The second kappa shape index (κ2) is 5.66. The highest BCUT2D eigenvalue weighted by Crippen LogP contribution is 2.45. The number of ether oxygens (including phenoxy) is 1. The molecule has 0 aliphatic heterocycles. The number of carbonyl (C=O) groups is 1. The predicted octanol–water partition coefficient (Wildman–Crippen LogP) is 4.30. The smallest absolute Gasteiger partial charge is 0.419 e. The van der Waals surface area contributed by atoms with Gasteiger partial charge in [-0.1, -0.05) is 12.6 Å². The standard InChI is InChI=1S/C16H17F3O3/c1-10(2)14(21)22-15(7-3-4-8-15)11-5-6-12(13(20)9-11)16(17,18)19/h5-6,9,20H,1,3-4,7-8H2,2H3. The third-order valence-corrected chi connectivity index (χ3v) is 3.88. The first-order valence-electron chi connectivity index (χ1n) is 6.95. The normalized spacial score (nSPS) is 17.3. The van der Waals surface area contributed by atoms with Crippen LogP contribution in [0.4, 0.5) is 13.2 Å². The fraction of sp³-hybridized carbons (Fsp3) is 0.438. The molecule has 0 atom stereocenters. The molecule has 1 fully saturated rings. The largest absolute Gasteiger partial charge is 0.507 e. The number of aromatic hydroxyl groups is 1.